The van der Waals surface area contributed by atoms with Crippen LogP contribution in [0.1, 0.15) is 5.56 Å². The van der Waals surface area contributed by atoms with Gasteiger partial charge in [0.1, 0.15) is 0 Å². The summed E-state index contributed by atoms with van der Waals surface area (Å²) >= 11 is 4.64. The maximum Gasteiger partial charge on any atom is 0.182 e. The summed E-state index contributed by atoms with van der Waals surface area (Å²) < 4.78 is 13.8. The molecule has 1 aromatic heterocycles. The van der Waals surface area contributed by atoms with Crippen molar-refractivity contribution in [3.63, 3.8) is 0 Å². The molecule has 0 unspecified atom stereocenters. The van der Waals surface area contributed by atoms with Crippen LogP contribution < -0.4 is 0 Å². The van der Waals surface area contributed by atoms with E-state index in [1.54, 1.807) is 6.07 Å². The highest BCUT2D eigenvalue weighted by molar-refractivity contribution is 9.08. The summed E-state index contributed by atoms with van der Waals surface area (Å²) in [4.78, 5) is 0. The molecule has 13 heavy (non-hydrogen) atoms. The standard InChI is InChI=1S/C9H6BrFOS/c10-3-5-4-13-9-6(5)1-2-7(12)8(9)11/h1-2,4,12H,3H2. The number of phenols is 1. The van der Waals surface area contributed by atoms with Crippen molar-refractivity contribution >= 4 is 37.4 Å². The molecule has 0 bridgehead atoms. The van der Waals surface area contributed by atoms with Gasteiger partial charge in [0.25, 0.3) is 0 Å². The highest BCUT2D eigenvalue weighted by Gasteiger charge is 2.10. The average Bonchev–Trinajstić information content (AvgIpc) is 2.55. The van der Waals surface area contributed by atoms with E-state index in [-0.39, 0.29) is 5.75 Å². The number of alkyl halides is 1. The first-order chi connectivity index (χ1) is 6.24. The topological polar surface area (TPSA) is 20.2 Å². The first-order valence-electron chi connectivity index (χ1n) is 3.67. The fourth-order valence-electron chi connectivity index (χ4n) is 1.21. The van der Waals surface area contributed by atoms with Gasteiger partial charge < -0.3 is 5.11 Å². The third kappa shape index (κ3) is 1.34. The molecule has 0 fully saturated rings. The molecule has 0 saturated heterocycles. The molecule has 1 N–H and O–H groups in total. The van der Waals surface area contributed by atoms with E-state index in [4.69, 9.17) is 5.11 Å². The number of aromatic hydroxyl groups is 1. The third-order valence-electron chi connectivity index (χ3n) is 1.89. The lowest BCUT2D eigenvalue weighted by Gasteiger charge is -1.96. The second kappa shape index (κ2) is 3.27. The van der Waals surface area contributed by atoms with Gasteiger partial charge in [-0.2, -0.15) is 0 Å². The summed E-state index contributed by atoms with van der Waals surface area (Å²) in [5.74, 6) is -0.801. The monoisotopic (exact) mass is 260 g/mol. The molecule has 68 valence electrons. The molecule has 1 nitrogen and oxygen atoms in total. The average molecular weight is 261 g/mol. The van der Waals surface area contributed by atoms with E-state index >= 15 is 0 Å². The largest absolute Gasteiger partial charge is 0.505 e. The molecule has 0 aliphatic carbocycles. The SMILES string of the molecule is Oc1ccc2c(CBr)csc2c1F. The van der Waals surface area contributed by atoms with Gasteiger partial charge in [-0.25, -0.2) is 4.39 Å². The van der Waals surface area contributed by atoms with Crippen molar-refractivity contribution in [3.05, 3.63) is 28.9 Å². The third-order valence-corrected chi connectivity index (χ3v) is 3.53. The minimum Gasteiger partial charge on any atom is -0.505 e. The van der Waals surface area contributed by atoms with E-state index in [0.29, 0.717) is 10.0 Å². The van der Waals surface area contributed by atoms with Crippen molar-refractivity contribution in [1.82, 2.24) is 0 Å². The van der Waals surface area contributed by atoms with Crippen LogP contribution in [0.3, 0.4) is 0 Å². The van der Waals surface area contributed by atoms with Crippen LogP contribution >= 0.6 is 27.3 Å². The lowest BCUT2D eigenvalue weighted by molar-refractivity contribution is 0.436. The van der Waals surface area contributed by atoms with Gasteiger partial charge in [0, 0.05) is 5.33 Å². The van der Waals surface area contributed by atoms with Crippen molar-refractivity contribution in [1.29, 1.82) is 0 Å². The number of halogens is 2. The number of hydrogen-bond acceptors (Lipinski definition) is 2. The fraction of sp³-hybridized carbons (Fsp3) is 0.111. The van der Waals surface area contributed by atoms with Crippen LogP contribution in [-0.2, 0) is 5.33 Å². The fourth-order valence-corrected chi connectivity index (χ4v) is 2.89. The molecule has 0 amide bonds. The lowest BCUT2D eigenvalue weighted by atomic mass is 10.2. The van der Waals surface area contributed by atoms with Gasteiger partial charge in [-0.15, -0.1) is 11.3 Å². The molecule has 1 aromatic carbocycles. The van der Waals surface area contributed by atoms with Crippen molar-refractivity contribution in [3.8, 4) is 5.75 Å². The summed E-state index contributed by atoms with van der Waals surface area (Å²) in [6.45, 7) is 0. The van der Waals surface area contributed by atoms with Crippen LogP contribution in [0.15, 0.2) is 17.5 Å². The second-order valence-electron chi connectivity index (χ2n) is 2.67. The van der Waals surface area contributed by atoms with Crippen molar-refractivity contribution in [2.75, 3.05) is 0 Å². The van der Waals surface area contributed by atoms with E-state index in [1.807, 2.05) is 5.38 Å². The van der Waals surface area contributed by atoms with Crippen molar-refractivity contribution < 1.29 is 9.50 Å². The molecule has 0 atom stereocenters. The molecule has 2 rings (SSSR count). The molecule has 1 heterocycles. The Labute approximate surface area is 86.9 Å². The Morgan fingerprint density at radius 2 is 2.23 bits per heavy atom. The van der Waals surface area contributed by atoms with E-state index in [0.717, 1.165) is 10.9 Å². The van der Waals surface area contributed by atoms with Crippen LogP contribution in [-0.4, -0.2) is 5.11 Å². The highest BCUT2D eigenvalue weighted by Crippen LogP contribution is 2.33. The predicted molar refractivity (Wildman–Crippen MR) is 56.1 cm³/mol. The highest BCUT2D eigenvalue weighted by atomic mass is 79.9. The van der Waals surface area contributed by atoms with E-state index in [9.17, 15) is 4.39 Å². The molecule has 0 saturated carbocycles. The second-order valence-corrected chi connectivity index (χ2v) is 4.11. The maximum absolute atomic E-state index is 13.3. The number of hydrogen-bond donors (Lipinski definition) is 1. The maximum atomic E-state index is 13.3. The summed E-state index contributed by atoms with van der Waals surface area (Å²) in [5.41, 5.74) is 1.05. The van der Waals surface area contributed by atoms with Gasteiger partial charge in [0.2, 0.25) is 0 Å². The molecule has 0 spiro atoms. The minimum atomic E-state index is -0.519. The number of rotatable bonds is 1. The molecule has 4 heteroatoms. The van der Waals surface area contributed by atoms with Gasteiger partial charge in [0.15, 0.2) is 11.6 Å². The quantitative estimate of drug-likeness (QED) is 0.777. The van der Waals surface area contributed by atoms with Crippen LogP contribution in [0, 0.1) is 5.82 Å². The molecule has 0 radical (unpaired) electrons. The Balaban J connectivity index is 2.81. The number of phenolic OH excluding ortho intramolecular Hbond substituents is 1. The number of thiophene rings is 1. The van der Waals surface area contributed by atoms with Gasteiger partial charge in [-0.3, -0.25) is 0 Å². The smallest absolute Gasteiger partial charge is 0.182 e. The Bertz CT molecular complexity index is 452. The Morgan fingerprint density at radius 3 is 2.92 bits per heavy atom. The van der Waals surface area contributed by atoms with E-state index in [2.05, 4.69) is 15.9 Å². The predicted octanol–water partition coefficient (Wildman–Crippen LogP) is 3.64. The van der Waals surface area contributed by atoms with Crippen LogP contribution in [0.25, 0.3) is 10.1 Å². The van der Waals surface area contributed by atoms with E-state index in [1.165, 1.54) is 17.4 Å². The first kappa shape index (κ1) is 8.97. The normalized spacial score (nSPS) is 10.9. The zero-order valence-electron chi connectivity index (χ0n) is 6.55. The van der Waals surface area contributed by atoms with Crippen LogP contribution in [0.5, 0.6) is 5.75 Å². The summed E-state index contributed by atoms with van der Waals surface area (Å²) in [6.07, 6.45) is 0. The van der Waals surface area contributed by atoms with Gasteiger partial charge in [0.05, 0.1) is 4.70 Å². The Morgan fingerprint density at radius 1 is 1.46 bits per heavy atom. The molecular formula is C9H6BrFOS. The lowest BCUT2D eigenvalue weighted by Crippen LogP contribution is -1.77. The molecular weight excluding hydrogens is 255 g/mol. The van der Waals surface area contributed by atoms with Gasteiger partial charge in [-0.1, -0.05) is 15.9 Å². The molecule has 0 aliphatic heterocycles. The Hall–Kier alpha value is -0.610. The summed E-state index contributed by atoms with van der Waals surface area (Å²) in [5, 5.41) is 12.6. The zero-order valence-corrected chi connectivity index (χ0v) is 8.95. The molecule has 0 aliphatic rings. The minimum absolute atomic E-state index is 0.282. The van der Waals surface area contributed by atoms with Crippen molar-refractivity contribution in [2.45, 2.75) is 5.33 Å². The molecule has 2 aromatic rings. The van der Waals surface area contributed by atoms with Crippen LogP contribution in [0.2, 0.25) is 0 Å². The van der Waals surface area contributed by atoms with Crippen LogP contribution in [0.4, 0.5) is 4.39 Å². The number of fused-ring (bicyclic) bond motifs is 1. The number of benzene rings is 1. The summed E-state index contributed by atoms with van der Waals surface area (Å²) in [6, 6.07) is 3.12. The first-order valence-corrected chi connectivity index (χ1v) is 5.67. The van der Waals surface area contributed by atoms with Gasteiger partial charge in [-0.05, 0) is 28.5 Å². The Kier molecular flexibility index (Phi) is 2.26. The zero-order chi connectivity index (χ0) is 9.42. The van der Waals surface area contributed by atoms with E-state index < -0.39 is 5.82 Å². The van der Waals surface area contributed by atoms with Crippen molar-refractivity contribution in [2.24, 2.45) is 0 Å². The summed E-state index contributed by atoms with van der Waals surface area (Å²) in [7, 11) is 0. The van der Waals surface area contributed by atoms with Gasteiger partial charge >= 0.3 is 0 Å².